The highest BCUT2D eigenvalue weighted by Crippen LogP contribution is 2.35. The topological polar surface area (TPSA) is 49.9 Å². The van der Waals surface area contributed by atoms with Crippen LogP contribution >= 0.6 is 0 Å². The number of benzene rings is 2. The van der Waals surface area contributed by atoms with Gasteiger partial charge in [0.05, 0.1) is 17.5 Å². The number of carbonyl (C=O) groups excluding carboxylic acids is 2. The van der Waals surface area contributed by atoms with Crippen LogP contribution in [0.4, 0.5) is 8.78 Å². The fourth-order valence-corrected chi connectivity index (χ4v) is 4.96. The summed E-state index contributed by atoms with van der Waals surface area (Å²) in [4.78, 5) is 30.2. The maximum Gasteiger partial charge on any atom is 0.387 e. The Hall–Kier alpha value is -2.96. The Morgan fingerprint density at radius 3 is 2.52 bits per heavy atom. The molecule has 2 saturated heterocycles. The van der Waals surface area contributed by atoms with Gasteiger partial charge in [0.1, 0.15) is 5.75 Å². The van der Waals surface area contributed by atoms with Crippen LogP contribution in [-0.2, 0) is 4.79 Å². The van der Waals surface area contributed by atoms with Crippen molar-refractivity contribution >= 4 is 11.8 Å². The Bertz CT molecular complexity index is 1030. The van der Waals surface area contributed by atoms with E-state index in [1.165, 1.54) is 23.3 Å². The minimum absolute atomic E-state index is 0.0584. The minimum Gasteiger partial charge on any atom is -0.434 e. The van der Waals surface area contributed by atoms with Crippen molar-refractivity contribution in [1.82, 2.24) is 9.80 Å². The number of hydrogen-bond acceptors (Lipinski definition) is 3. The van der Waals surface area contributed by atoms with Crippen LogP contribution in [0.5, 0.6) is 5.75 Å². The number of hydrogen-bond donors (Lipinski definition) is 0. The summed E-state index contributed by atoms with van der Waals surface area (Å²) in [6, 6.07) is 12.5. The average molecular weight is 457 g/mol. The molecule has 2 unspecified atom stereocenters. The molecule has 2 aliphatic rings. The van der Waals surface area contributed by atoms with Gasteiger partial charge in [0, 0.05) is 19.6 Å². The zero-order valence-corrected chi connectivity index (χ0v) is 19.1. The number of carbonyl (C=O) groups is 2. The third kappa shape index (κ3) is 5.02. The molecule has 176 valence electrons. The van der Waals surface area contributed by atoms with Gasteiger partial charge in [-0.3, -0.25) is 9.59 Å². The van der Waals surface area contributed by atoms with Gasteiger partial charge in [-0.15, -0.1) is 0 Å². The fourth-order valence-electron chi connectivity index (χ4n) is 4.96. The second-order valence-electron chi connectivity index (χ2n) is 9.00. The van der Waals surface area contributed by atoms with E-state index in [2.05, 4.69) is 36.8 Å². The smallest absolute Gasteiger partial charge is 0.387 e. The van der Waals surface area contributed by atoms with E-state index in [1.807, 2.05) is 4.90 Å². The molecule has 2 aromatic rings. The lowest BCUT2D eigenvalue weighted by Gasteiger charge is -2.36. The molecule has 2 aliphatic heterocycles. The van der Waals surface area contributed by atoms with E-state index in [1.54, 1.807) is 17.0 Å². The molecule has 2 aromatic carbocycles. The molecule has 5 nitrogen and oxygen atoms in total. The van der Waals surface area contributed by atoms with Crippen LogP contribution in [0.3, 0.4) is 0 Å². The number of piperidine rings is 1. The maximum atomic E-state index is 13.5. The molecule has 4 rings (SSSR count). The molecule has 33 heavy (non-hydrogen) atoms. The first-order valence-corrected chi connectivity index (χ1v) is 11.6. The predicted molar refractivity (Wildman–Crippen MR) is 121 cm³/mol. The van der Waals surface area contributed by atoms with Crippen molar-refractivity contribution in [1.29, 1.82) is 0 Å². The standard InChI is InChI=1S/C26H30F2N2O3/c1-17-11-12-19(15-18(17)2)22-9-6-14-30(22)24(31)20-7-5-13-29(16-20)25(32)21-8-3-4-10-23(21)33-26(27)28/h3-4,8,10-12,15,20,22,26H,5-7,9,13-14,16H2,1-2H3. The van der Waals surface area contributed by atoms with E-state index in [0.717, 1.165) is 18.4 Å². The molecule has 0 saturated carbocycles. The Morgan fingerprint density at radius 2 is 1.76 bits per heavy atom. The normalized spacial score (nSPS) is 20.9. The molecule has 2 atom stereocenters. The van der Waals surface area contributed by atoms with Gasteiger partial charge < -0.3 is 14.5 Å². The van der Waals surface area contributed by atoms with Gasteiger partial charge in [-0.25, -0.2) is 0 Å². The van der Waals surface area contributed by atoms with Crippen LogP contribution in [0, 0.1) is 19.8 Å². The van der Waals surface area contributed by atoms with Gasteiger partial charge in [0.25, 0.3) is 5.91 Å². The third-order valence-corrected chi connectivity index (χ3v) is 6.84. The van der Waals surface area contributed by atoms with Crippen LogP contribution in [0.2, 0.25) is 0 Å². The fraction of sp³-hybridized carbons (Fsp3) is 0.462. The molecular formula is C26H30F2N2O3. The Morgan fingerprint density at radius 1 is 1.00 bits per heavy atom. The monoisotopic (exact) mass is 456 g/mol. The van der Waals surface area contributed by atoms with Gasteiger partial charge in [0.2, 0.25) is 5.91 Å². The molecule has 0 N–H and O–H groups in total. The summed E-state index contributed by atoms with van der Waals surface area (Å²) in [6.07, 6.45) is 3.30. The number of rotatable bonds is 5. The van der Waals surface area contributed by atoms with Crippen LogP contribution in [0.15, 0.2) is 42.5 Å². The lowest BCUT2D eigenvalue weighted by Crippen LogP contribution is -2.46. The zero-order chi connectivity index (χ0) is 23.5. The van der Waals surface area contributed by atoms with Crippen molar-refractivity contribution in [2.45, 2.75) is 52.2 Å². The third-order valence-electron chi connectivity index (χ3n) is 6.84. The molecular weight excluding hydrogens is 426 g/mol. The summed E-state index contributed by atoms with van der Waals surface area (Å²) >= 11 is 0. The van der Waals surface area contributed by atoms with Crippen LogP contribution in [-0.4, -0.2) is 47.9 Å². The maximum absolute atomic E-state index is 13.5. The number of ether oxygens (including phenoxy) is 1. The highest BCUT2D eigenvalue weighted by molar-refractivity contribution is 5.97. The number of likely N-dealkylation sites (tertiary alicyclic amines) is 2. The predicted octanol–water partition coefficient (Wildman–Crippen LogP) is 5.12. The molecule has 2 fully saturated rings. The summed E-state index contributed by atoms with van der Waals surface area (Å²) < 4.78 is 30.1. The number of para-hydroxylation sites is 1. The van der Waals surface area contributed by atoms with Crippen molar-refractivity contribution < 1.29 is 23.1 Å². The summed E-state index contributed by atoms with van der Waals surface area (Å²) in [5.41, 5.74) is 3.70. The van der Waals surface area contributed by atoms with Gasteiger partial charge in [-0.1, -0.05) is 30.3 Å². The van der Waals surface area contributed by atoms with E-state index in [0.29, 0.717) is 25.9 Å². The molecule has 2 amide bonds. The Balaban J connectivity index is 1.48. The van der Waals surface area contributed by atoms with Crippen LogP contribution in [0.1, 0.15) is 58.8 Å². The summed E-state index contributed by atoms with van der Waals surface area (Å²) in [7, 11) is 0. The van der Waals surface area contributed by atoms with E-state index < -0.39 is 6.61 Å². The highest BCUT2D eigenvalue weighted by Gasteiger charge is 2.37. The molecule has 0 aromatic heterocycles. The number of alkyl halides is 2. The lowest BCUT2D eigenvalue weighted by molar-refractivity contribution is -0.138. The van der Waals surface area contributed by atoms with E-state index in [4.69, 9.17) is 0 Å². The number of amides is 2. The highest BCUT2D eigenvalue weighted by atomic mass is 19.3. The summed E-state index contributed by atoms with van der Waals surface area (Å²) in [5.74, 6) is -0.737. The summed E-state index contributed by atoms with van der Waals surface area (Å²) in [5, 5.41) is 0. The van der Waals surface area contributed by atoms with E-state index in [9.17, 15) is 18.4 Å². The van der Waals surface area contributed by atoms with Gasteiger partial charge in [-0.05, 0) is 68.4 Å². The van der Waals surface area contributed by atoms with Gasteiger partial charge >= 0.3 is 6.61 Å². The van der Waals surface area contributed by atoms with Gasteiger partial charge in [0.15, 0.2) is 0 Å². The van der Waals surface area contributed by atoms with Gasteiger partial charge in [-0.2, -0.15) is 8.78 Å². The Kier molecular flexibility index (Phi) is 6.96. The van der Waals surface area contributed by atoms with Crippen molar-refractivity contribution in [3.63, 3.8) is 0 Å². The first kappa shape index (κ1) is 23.2. The number of nitrogens with zero attached hydrogens (tertiary/aromatic N) is 2. The van der Waals surface area contributed by atoms with Crippen molar-refractivity contribution in [3.05, 3.63) is 64.7 Å². The SMILES string of the molecule is Cc1ccc(C2CCCN2C(=O)C2CCCN(C(=O)c3ccccc3OC(F)F)C2)cc1C. The molecule has 0 aliphatic carbocycles. The second-order valence-corrected chi connectivity index (χ2v) is 9.00. The lowest BCUT2D eigenvalue weighted by atomic mass is 9.94. The average Bonchev–Trinajstić information content (AvgIpc) is 3.30. The largest absolute Gasteiger partial charge is 0.434 e. The minimum atomic E-state index is -3.01. The van der Waals surface area contributed by atoms with Crippen LogP contribution < -0.4 is 4.74 Å². The second kappa shape index (κ2) is 9.89. The zero-order valence-electron chi connectivity index (χ0n) is 19.1. The van der Waals surface area contributed by atoms with E-state index >= 15 is 0 Å². The first-order chi connectivity index (χ1) is 15.8. The molecule has 7 heteroatoms. The van der Waals surface area contributed by atoms with Crippen molar-refractivity contribution in [3.8, 4) is 5.75 Å². The number of halogens is 2. The quantitative estimate of drug-likeness (QED) is 0.628. The van der Waals surface area contributed by atoms with Crippen LogP contribution in [0.25, 0.3) is 0 Å². The summed E-state index contributed by atoms with van der Waals surface area (Å²) in [6.45, 7) is 2.65. The Labute approximate surface area is 193 Å². The van der Waals surface area contributed by atoms with Crippen molar-refractivity contribution in [2.24, 2.45) is 5.92 Å². The molecule has 0 spiro atoms. The molecule has 0 bridgehead atoms. The first-order valence-electron chi connectivity index (χ1n) is 11.6. The number of aryl methyl sites for hydroxylation is 2. The van der Waals surface area contributed by atoms with E-state index in [-0.39, 0.29) is 41.6 Å². The van der Waals surface area contributed by atoms with Crippen molar-refractivity contribution in [2.75, 3.05) is 19.6 Å². The molecule has 2 heterocycles. The molecule has 0 radical (unpaired) electrons.